The Morgan fingerprint density at radius 2 is 0.964 bits per heavy atom. The quantitative estimate of drug-likeness (QED) is 0.0268. The molecule has 326 valence electrons. The van der Waals surface area contributed by atoms with Gasteiger partial charge < -0.3 is 34.3 Å². The minimum absolute atomic E-state index is 0.170. The van der Waals surface area contributed by atoms with Crippen molar-refractivity contribution >= 4 is 22.3 Å². The number of hydrogen-bond acceptors (Lipinski definition) is 12. The van der Waals surface area contributed by atoms with E-state index in [-0.39, 0.29) is 19.4 Å². The van der Waals surface area contributed by atoms with Crippen LogP contribution in [0.15, 0.2) is 0 Å². The molecule has 6 atom stereocenters. The number of rotatable bonds is 37. The number of ether oxygens (including phenoxy) is 4. The molecule has 0 spiro atoms. The van der Waals surface area contributed by atoms with Crippen LogP contribution in [0.1, 0.15) is 194 Å². The smallest absolute Gasteiger partial charge is 0.397 e. The standard InChI is InChI=1S/C41H78O13S/c1-3-5-7-9-11-13-15-17-19-21-23-25-27-29-36(42)50-31-34(32-51-41-40(46)39(45)38(44)35(54-41)33-52-55(47,48)49)53-37(43)30-28-26-24-22-20-18-16-14-12-10-8-6-4-2/h34-35,38-41,44-46H,3-33H2,1-2H3,(H,47,48,49). The van der Waals surface area contributed by atoms with E-state index in [9.17, 15) is 33.3 Å². The fourth-order valence-corrected chi connectivity index (χ4v) is 7.05. The summed E-state index contributed by atoms with van der Waals surface area (Å²) in [6, 6.07) is 0. The second-order valence-electron chi connectivity index (χ2n) is 15.3. The fraction of sp³-hybridized carbons (Fsp3) is 0.951. The van der Waals surface area contributed by atoms with Gasteiger partial charge in [0.05, 0.1) is 13.2 Å². The average molecular weight is 811 g/mol. The second-order valence-corrected chi connectivity index (χ2v) is 16.4. The summed E-state index contributed by atoms with van der Waals surface area (Å²) in [5, 5.41) is 30.9. The van der Waals surface area contributed by atoms with E-state index in [4.69, 9.17) is 23.5 Å². The fourth-order valence-electron chi connectivity index (χ4n) is 6.74. The lowest BCUT2D eigenvalue weighted by atomic mass is 9.99. The first-order valence-electron chi connectivity index (χ1n) is 21.8. The van der Waals surface area contributed by atoms with Gasteiger partial charge in [0.2, 0.25) is 0 Å². The molecule has 1 aliphatic rings. The van der Waals surface area contributed by atoms with Crippen LogP contribution in [-0.2, 0) is 43.1 Å². The molecule has 0 amide bonds. The van der Waals surface area contributed by atoms with E-state index in [0.717, 1.165) is 38.5 Å². The van der Waals surface area contributed by atoms with Crippen molar-refractivity contribution in [2.24, 2.45) is 0 Å². The predicted octanol–water partition coefficient (Wildman–Crippen LogP) is 8.05. The topological polar surface area (TPSA) is 195 Å². The highest BCUT2D eigenvalue weighted by atomic mass is 32.3. The molecule has 1 saturated heterocycles. The van der Waals surface area contributed by atoms with Gasteiger partial charge in [0.25, 0.3) is 0 Å². The third-order valence-corrected chi connectivity index (χ3v) is 10.6. The number of aliphatic hydroxyl groups is 3. The van der Waals surface area contributed by atoms with Crippen molar-refractivity contribution in [3.8, 4) is 0 Å². The monoisotopic (exact) mass is 811 g/mol. The zero-order valence-corrected chi connectivity index (χ0v) is 35.1. The van der Waals surface area contributed by atoms with Gasteiger partial charge >= 0.3 is 22.3 Å². The first-order valence-corrected chi connectivity index (χ1v) is 23.1. The van der Waals surface area contributed by atoms with Crippen molar-refractivity contribution < 1.29 is 61.0 Å². The summed E-state index contributed by atoms with van der Waals surface area (Å²) in [6.07, 6.45) is 21.7. The minimum atomic E-state index is -4.87. The molecule has 14 heteroatoms. The Bertz CT molecular complexity index is 1040. The van der Waals surface area contributed by atoms with Crippen LogP contribution in [0.4, 0.5) is 0 Å². The third-order valence-electron chi connectivity index (χ3n) is 10.2. The Kier molecular flexibility index (Phi) is 31.5. The van der Waals surface area contributed by atoms with Crippen molar-refractivity contribution in [2.45, 2.75) is 230 Å². The Labute approximate surface area is 332 Å². The molecule has 0 aromatic carbocycles. The van der Waals surface area contributed by atoms with Crippen LogP contribution in [0.5, 0.6) is 0 Å². The van der Waals surface area contributed by atoms with Gasteiger partial charge in [-0.1, -0.05) is 168 Å². The van der Waals surface area contributed by atoms with Crippen molar-refractivity contribution in [3.63, 3.8) is 0 Å². The molecule has 4 N–H and O–H groups in total. The maximum atomic E-state index is 12.8. The summed E-state index contributed by atoms with van der Waals surface area (Å²) < 4.78 is 57.2. The first kappa shape index (κ1) is 51.6. The van der Waals surface area contributed by atoms with Gasteiger partial charge in [-0.25, -0.2) is 4.18 Å². The third kappa shape index (κ3) is 28.6. The molecular formula is C41H78O13S. The molecule has 0 aliphatic carbocycles. The van der Waals surface area contributed by atoms with Gasteiger partial charge in [0.15, 0.2) is 12.4 Å². The molecule has 0 radical (unpaired) electrons. The van der Waals surface area contributed by atoms with E-state index in [2.05, 4.69) is 18.0 Å². The molecule has 1 aliphatic heterocycles. The van der Waals surface area contributed by atoms with E-state index < -0.39 is 72.4 Å². The van der Waals surface area contributed by atoms with Crippen LogP contribution in [-0.4, -0.2) is 96.9 Å². The summed E-state index contributed by atoms with van der Waals surface area (Å²) in [6.45, 7) is 2.90. The molecule has 1 fully saturated rings. The second kappa shape index (κ2) is 33.6. The summed E-state index contributed by atoms with van der Waals surface area (Å²) in [4.78, 5) is 25.3. The zero-order chi connectivity index (χ0) is 40.6. The van der Waals surface area contributed by atoms with Gasteiger partial charge in [0, 0.05) is 12.8 Å². The maximum Gasteiger partial charge on any atom is 0.397 e. The Hall–Kier alpha value is -1.39. The summed E-state index contributed by atoms with van der Waals surface area (Å²) in [5.41, 5.74) is 0. The first-order chi connectivity index (χ1) is 26.5. The van der Waals surface area contributed by atoms with Crippen molar-refractivity contribution in [2.75, 3.05) is 19.8 Å². The molecule has 0 saturated carbocycles. The van der Waals surface area contributed by atoms with E-state index in [0.29, 0.717) is 12.8 Å². The summed E-state index contributed by atoms with van der Waals surface area (Å²) in [7, 11) is -4.87. The van der Waals surface area contributed by atoms with E-state index in [1.54, 1.807) is 0 Å². The Morgan fingerprint density at radius 1 is 0.564 bits per heavy atom. The number of carbonyl (C=O) groups is 2. The van der Waals surface area contributed by atoms with Gasteiger partial charge in [-0.15, -0.1) is 0 Å². The highest BCUT2D eigenvalue weighted by Crippen LogP contribution is 2.24. The minimum Gasteiger partial charge on any atom is -0.462 e. The highest BCUT2D eigenvalue weighted by Gasteiger charge is 2.45. The lowest BCUT2D eigenvalue weighted by Gasteiger charge is -2.40. The number of hydrogen-bond donors (Lipinski definition) is 4. The zero-order valence-electron chi connectivity index (χ0n) is 34.3. The normalized spacial score (nSPS) is 20.7. The molecule has 0 bridgehead atoms. The van der Waals surface area contributed by atoms with Gasteiger partial charge in [-0.2, -0.15) is 8.42 Å². The van der Waals surface area contributed by atoms with Crippen LogP contribution in [0.25, 0.3) is 0 Å². The molecule has 0 aromatic heterocycles. The number of unbranched alkanes of at least 4 members (excludes halogenated alkanes) is 24. The van der Waals surface area contributed by atoms with Gasteiger partial charge in [-0.3, -0.25) is 14.1 Å². The van der Waals surface area contributed by atoms with Crippen molar-refractivity contribution in [1.29, 1.82) is 0 Å². The van der Waals surface area contributed by atoms with Crippen molar-refractivity contribution in [1.82, 2.24) is 0 Å². The Balaban J connectivity index is 2.48. The SMILES string of the molecule is CCCCCCCCCCCCCCCC(=O)OCC(COC1OC(COS(=O)(=O)O)C(O)C(O)C1O)OC(=O)CCCCCCCCCCCCCCC. The summed E-state index contributed by atoms with van der Waals surface area (Å²) >= 11 is 0. The lowest BCUT2D eigenvalue weighted by Crippen LogP contribution is -2.59. The highest BCUT2D eigenvalue weighted by molar-refractivity contribution is 7.80. The van der Waals surface area contributed by atoms with Crippen LogP contribution >= 0.6 is 0 Å². The summed E-state index contributed by atoms with van der Waals surface area (Å²) in [5.74, 6) is -0.931. The largest absolute Gasteiger partial charge is 0.462 e. The van der Waals surface area contributed by atoms with Crippen molar-refractivity contribution in [3.05, 3.63) is 0 Å². The average Bonchev–Trinajstić information content (AvgIpc) is 3.15. The lowest BCUT2D eigenvalue weighted by molar-refractivity contribution is -0.304. The van der Waals surface area contributed by atoms with Crippen LogP contribution in [0.2, 0.25) is 0 Å². The number of carbonyl (C=O) groups excluding carboxylic acids is 2. The van der Waals surface area contributed by atoms with E-state index in [1.165, 1.54) is 116 Å². The molecule has 55 heavy (non-hydrogen) atoms. The molecule has 0 aromatic rings. The number of esters is 2. The molecule has 1 rings (SSSR count). The number of aliphatic hydroxyl groups excluding tert-OH is 3. The molecule has 13 nitrogen and oxygen atoms in total. The van der Waals surface area contributed by atoms with Crippen LogP contribution < -0.4 is 0 Å². The van der Waals surface area contributed by atoms with E-state index >= 15 is 0 Å². The van der Waals surface area contributed by atoms with Gasteiger partial charge in [0.1, 0.15) is 31.0 Å². The molecule has 1 heterocycles. The van der Waals surface area contributed by atoms with Crippen LogP contribution in [0, 0.1) is 0 Å². The van der Waals surface area contributed by atoms with E-state index in [1.807, 2.05) is 0 Å². The Morgan fingerprint density at radius 3 is 1.38 bits per heavy atom. The predicted molar refractivity (Wildman–Crippen MR) is 212 cm³/mol. The molecular weight excluding hydrogens is 733 g/mol. The van der Waals surface area contributed by atoms with Crippen LogP contribution in [0.3, 0.4) is 0 Å². The maximum absolute atomic E-state index is 12.8. The molecule has 6 unspecified atom stereocenters. The van der Waals surface area contributed by atoms with Gasteiger partial charge in [-0.05, 0) is 12.8 Å².